The van der Waals surface area contributed by atoms with Gasteiger partial charge in [0.05, 0.1) is 53.0 Å². The Hall–Kier alpha value is -4.64. The Morgan fingerprint density at radius 1 is 1.11 bits per heavy atom. The first-order valence-electron chi connectivity index (χ1n) is 11.9. The first kappa shape index (κ1) is 23.1. The molecule has 0 saturated heterocycles. The van der Waals surface area contributed by atoms with E-state index in [0.29, 0.717) is 42.3 Å². The first-order chi connectivity index (χ1) is 17.5. The second-order valence-electron chi connectivity index (χ2n) is 8.62. The van der Waals surface area contributed by atoms with E-state index in [9.17, 15) is 5.26 Å². The standard InChI is InChI=1S/C28H27N7O/c1-4-24-22(13-29)28(21-11-23(30)27(36-5-2)12-25(21)34-24)33-20-8-9-26-19(10-20)15-32-35(26)16-18-7-6-17(3)31-14-18/h6-12,14-15H,4-5,16,30H2,1-3H3,(H,33,34). The Morgan fingerprint density at radius 2 is 1.97 bits per heavy atom. The Kier molecular flexibility index (Phi) is 6.13. The summed E-state index contributed by atoms with van der Waals surface area (Å²) in [5.74, 6) is 0.591. The molecule has 0 aliphatic carbocycles. The second-order valence-corrected chi connectivity index (χ2v) is 8.62. The van der Waals surface area contributed by atoms with Crippen LogP contribution in [0.15, 0.2) is 54.9 Å². The first-order valence-corrected chi connectivity index (χ1v) is 11.9. The molecule has 2 aromatic carbocycles. The van der Waals surface area contributed by atoms with E-state index in [1.165, 1.54) is 0 Å². The van der Waals surface area contributed by atoms with Crippen molar-refractivity contribution in [1.29, 1.82) is 5.26 Å². The molecule has 36 heavy (non-hydrogen) atoms. The van der Waals surface area contributed by atoms with Crippen LogP contribution in [0.2, 0.25) is 0 Å². The minimum Gasteiger partial charge on any atom is -0.492 e. The normalized spacial score (nSPS) is 11.1. The van der Waals surface area contributed by atoms with E-state index in [0.717, 1.165) is 44.4 Å². The Labute approximate surface area is 209 Å². The molecule has 0 amide bonds. The van der Waals surface area contributed by atoms with Gasteiger partial charge in [-0.05, 0) is 56.2 Å². The predicted octanol–water partition coefficient (Wildman–Crippen LogP) is 5.49. The molecule has 0 atom stereocenters. The maximum Gasteiger partial charge on any atom is 0.144 e. The summed E-state index contributed by atoms with van der Waals surface area (Å²) in [7, 11) is 0. The smallest absolute Gasteiger partial charge is 0.144 e. The zero-order valence-electron chi connectivity index (χ0n) is 20.5. The van der Waals surface area contributed by atoms with Crippen molar-refractivity contribution in [2.45, 2.75) is 33.7 Å². The van der Waals surface area contributed by atoms with Gasteiger partial charge in [0.1, 0.15) is 11.8 Å². The molecule has 3 heterocycles. The molecule has 5 aromatic rings. The number of aromatic nitrogens is 4. The lowest BCUT2D eigenvalue weighted by atomic mass is 10.0. The minimum absolute atomic E-state index is 0.504. The van der Waals surface area contributed by atoms with Crippen LogP contribution in [0.3, 0.4) is 0 Å². The molecule has 3 N–H and O–H groups in total. The average molecular weight is 478 g/mol. The number of aryl methyl sites for hydroxylation is 2. The van der Waals surface area contributed by atoms with E-state index in [4.69, 9.17) is 15.5 Å². The van der Waals surface area contributed by atoms with Gasteiger partial charge in [-0.2, -0.15) is 10.4 Å². The quantitative estimate of drug-likeness (QED) is 0.298. The summed E-state index contributed by atoms with van der Waals surface area (Å²) in [5, 5.41) is 19.8. The molecule has 8 nitrogen and oxygen atoms in total. The number of anilines is 3. The fraction of sp³-hybridized carbons (Fsp3) is 0.214. The van der Waals surface area contributed by atoms with Gasteiger partial charge >= 0.3 is 0 Å². The fourth-order valence-electron chi connectivity index (χ4n) is 4.35. The highest BCUT2D eigenvalue weighted by Crippen LogP contribution is 2.36. The van der Waals surface area contributed by atoms with Gasteiger partial charge in [0.15, 0.2) is 0 Å². The van der Waals surface area contributed by atoms with Gasteiger partial charge in [-0.25, -0.2) is 0 Å². The number of nitrogens with one attached hydrogen (secondary N) is 1. The zero-order chi connectivity index (χ0) is 25.2. The van der Waals surface area contributed by atoms with Crippen LogP contribution in [0.4, 0.5) is 17.1 Å². The van der Waals surface area contributed by atoms with Gasteiger partial charge in [0, 0.05) is 34.4 Å². The number of nitrogens with two attached hydrogens (primary N) is 1. The van der Waals surface area contributed by atoms with Crippen LogP contribution in [0.1, 0.15) is 36.4 Å². The fourth-order valence-corrected chi connectivity index (χ4v) is 4.35. The molecule has 3 aromatic heterocycles. The number of nitrogen functional groups attached to an aromatic ring is 1. The Morgan fingerprint density at radius 3 is 2.69 bits per heavy atom. The van der Waals surface area contributed by atoms with Gasteiger partial charge in [0.25, 0.3) is 0 Å². The second kappa shape index (κ2) is 9.55. The van der Waals surface area contributed by atoms with Crippen molar-refractivity contribution in [3.63, 3.8) is 0 Å². The number of ether oxygens (including phenoxy) is 1. The summed E-state index contributed by atoms with van der Waals surface area (Å²) < 4.78 is 7.63. The highest BCUT2D eigenvalue weighted by Gasteiger charge is 2.17. The van der Waals surface area contributed by atoms with Crippen molar-refractivity contribution in [3.05, 3.63) is 77.4 Å². The van der Waals surface area contributed by atoms with Gasteiger partial charge in [-0.1, -0.05) is 13.0 Å². The number of rotatable bonds is 7. The molecule has 0 radical (unpaired) electrons. The Bertz CT molecular complexity index is 1610. The lowest BCUT2D eigenvalue weighted by Crippen LogP contribution is -2.04. The lowest BCUT2D eigenvalue weighted by molar-refractivity contribution is 0.342. The summed E-state index contributed by atoms with van der Waals surface area (Å²) in [5.41, 5.74) is 13.4. The molecule has 0 aliphatic rings. The van der Waals surface area contributed by atoms with Crippen LogP contribution < -0.4 is 15.8 Å². The van der Waals surface area contributed by atoms with E-state index in [-0.39, 0.29) is 0 Å². The molecular formula is C28H27N7O. The topological polar surface area (TPSA) is 115 Å². The van der Waals surface area contributed by atoms with Crippen molar-refractivity contribution in [3.8, 4) is 11.8 Å². The average Bonchev–Trinajstić information content (AvgIpc) is 3.28. The third-order valence-corrected chi connectivity index (χ3v) is 6.15. The summed E-state index contributed by atoms with van der Waals surface area (Å²) in [6.07, 6.45) is 4.36. The van der Waals surface area contributed by atoms with E-state index >= 15 is 0 Å². The summed E-state index contributed by atoms with van der Waals surface area (Å²) in [6, 6.07) is 16.1. The van der Waals surface area contributed by atoms with E-state index in [1.54, 1.807) is 0 Å². The molecule has 180 valence electrons. The van der Waals surface area contributed by atoms with Crippen molar-refractivity contribution >= 4 is 38.9 Å². The number of fused-ring (bicyclic) bond motifs is 2. The number of nitriles is 1. The van der Waals surface area contributed by atoms with Crippen molar-refractivity contribution in [1.82, 2.24) is 19.7 Å². The molecule has 0 bridgehead atoms. The number of hydrogen-bond acceptors (Lipinski definition) is 7. The number of benzene rings is 2. The molecular weight excluding hydrogens is 450 g/mol. The molecule has 5 rings (SSSR count). The predicted molar refractivity (Wildman–Crippen MR) is 143 cm³/mol. The van der Waals surface area contributed by atoms with Crippen molar-refractivity contribution in [2.75, 3.05) is 17.7 Å². The number of nitrogens with zero attached hydrogens (tertiary/aromatic N) is 5. The molecule has 8 heteroatoms. The minimum atomic E-state index is 0.504. The van der Waals surface area contributed by atoms with E-state index < -0.39 is 0 Å². The summed E-state index contributed by atoms with van der Waals surface area (Å²) in [4.78, 5) is 9.11. The van der Waals surface area contributed by atoms with Crippen LogP contribution in [0.5, 0.6) is 5.75 Å². The van der Waals surface area contributed by atoms with Crippen molar-refractivity contribution < 1.29 is 4.74 Å². The number of hydrogen-bond donors (Lipinski definition) is 2. The molecule has 0 aliphatic heterocycles. The van der Waals surface area contributed by atoms with Crippen molar-refractivity contribution in [2.24, 2.45) is 0 Å². The summed E-state index contributed by atoms with van der Waals surface area (Å²) >= 11 is 0. The SMILES string of the molecule is CCOc1cc2nc(CC)c(C#N)c(Nc3ccc4c(cnn4Cc4ccc(C)nc4)c3)c2cc1N. The van der Waals surface area contributed by atoms with Crippen LogP contribution in [0, 0.1) is 18.3 Å². The van der Waals surface area contributed by atoms with E-state index in [1.807, 2.05) is 74.2 Å². The summed E-state index contributed by atoms with van der Waals surface area (Å²) in [6.45, 7) is 7.02. The molecule has 0 fully saturated rings. The van der Waals surface area contributed by atoms with Crippen LogP contribution in [-0.2, 0) is 13.0 Å². The van der Waals surface area contributed by atoms with Crippen LogP contribution >= 0.6 is 0 Å². The van der Waals surface area contributed by atoms with Gasteiger partial charge < -0.3 is 15.8 Å². The van der Waals surface area contributed by atoms with Gasteiger partial charge in [0.2, 0.25) is 0 Å². The maximum atomic E-state index is 10.0. The third-order valence-electron chi connectivity index (χ3n) is 6.15. The highest BCUT2D eigenvalue weighted by atomic mass is 16.5. The third kappa shape index (κ3) is 4.27. The van der Waals surface area contributed by atoms with Crippen LogP contribution in [-0.4, -0.2) is 26.4 Å². The van der Waals surface area contributed by atoms with Gasteiger partial charge in [-0.3, -0.25) is 14.6 Å². The molecule has 0 unspecified atom stereocenters. The maximum absolute atomic E-state index is 10.0. The number of pyridine rings is 2. The van der Waals surface area contributed by atoms with E-state index in [2.05, 4.69) is 27.5 Å². The van der Waals surface area contributed by atoms with Crippen LogP contribution in [0.25, 0.3) is 21.8 Å². The molecule has 0 spiro atoms. The largest absolute Gasteiger partial charge is 0.492 e. The lowest BCUT2D eigenvalue weighted by Gasteiger charge is -2.16. The van der Waals surface area contributed by atoms with Gasteiger partial charge in [-0.15, -0.1) is 0 Å². The molecule has 0 saturated carbocycles. The Balaban J connectivity index is 1.55. The zero-order valence-corrected chi connectivity index (χ0v) is 20.5. The monoisotopic (exact) mass is 477 g/mol. The highest BCUT2D eigenvalue weighted by molar-refractivity contribution is 6.00.